The molecule has 2 unspecified atom stereocenters. The standard InChI is InChI=1S/C14H19NOS/c1-10(2)12(4)17(16)9-14-6-5-13(8-15)7-11(14)3/h5-7,10,12H,9H2,1-4H3. The molecule has 0 saturated carbocycles. The lowest BCUT2D eigenvalue weighted by atomic mass is 10.1. The fraction of sp³-hybridized carbons (Fsp3) is 0.500. The fourth-order valence-electron chi connectivity index (χ4n) is 1.52. The summed E-state index contributed by atoms with van der Waals surface area (Å²) in [7, 11) is -0.848. The molecule has 92 valence electrons. The van der Waals surface area contributed by atoms with Crippen LogP contribution in [-0.2, 0) is 16.6 Å². The highest BCUT2D eigenvalue weighted by Gasteiger charge is 2.16. The molecule has 0 aliphatic heterocycles. The normalized spacial score (nSPS) is 14.4. The van der Waals surface area contributed by atoms with Gasteiger partial charge in [0.25, 0.3) is 0 Å². The molecule has 1 aromatic rings. The Bertz CT molecular complexity index is 460. The molecular weight excluding hydrogens is 230 g/mol. The van der Waals surface area contributed by atoms with Crippen molar-refractivity contribution in [2.24, 2.45) is 5.92 Å². The second kappa shape index (κ2) is 5.97. The summed E-state index contributed by atoms with van der Waals surface area (Å²) in [6, 6.07) is 7.67. The molecule has 17 heavy (non-hydrogen) atoms. The molecule has 1 rings (SSSR count). The zero-order chi connectivity index (χ0) is 13.0. The Labute approximate surface area is 106 Å². The van der Waals surface area contributed by atoms with Gasteiger partial charge < -0.3 is 0 Å². The fourth-order valence-corrected chi connectivity index (χ4v) is 3.02. The molecule has 0 saturated heterocycles. The molecule has 2 atom stereocenters. The Morgan fingerprint density at radius 2 is 2.00 bits per heavy atom. The summed E-state index contributed by atoms with van der Waals surface area (Å²) >= 11 is 0. The van der Waals surface area contributed by atoms with Crippen molar-refractivity contribution in [2.45, 2.75) is 38.7 Å². The minimum Gasteiger partial charge on any atom is -0.259 e. The van der Waals surface area contributed by atoms with Crippen molar-refractivity contribution < 1.29 is 4.21 Å². The second-order valence-corrected chi connectivity index (χ2v) is 6.52. The van der Waals surface area contributed by atoms with Gasteiger partial charge in [0.1, 0.15) is 0 Å². The highest BCUT2D eigenvalue weighted by molar-refractivity contribution is 7.84. The van der Waals surface area contributed by atoms with Gasteiger partial charge in [0.05, 0.1) is 11.6 Å². The summed E-state index contributed by atoms with van der Waals surface area (Å²) in [5.74, 6) is 1.01. The molecule has 2 nitrogen and oxygen atoms in total. The van der Waals surface area contributed by atoms with Gasteiger partial charge in [0, 0.05) is 21.8 Å². The summed E-state index contributed by atoms with van der Waals surface area (Å²) in [4.78, 5) is 0. The molecule has 0 aliphatic carbocycles. The lowest BCUT2D eigenvalue weighted by molar-refractivity contribution is 0.605. The van der Waals surface area contributed by atoms with E-state index >= 15 is 0 Å². The summed E-state index contributed by atoms with van der Waals surface area (Å²) < 4.78 is 12.1. The van der Waals surface area contributed by atoms with E-state index in [4.69, 9.17) is 5.26 Å². The van der Waals surface area contributed by atoms with E-state index in [1.165, 1.54) is 0 Å². The minimum absolute atomic E-state index is 0.199. The van der Waals surface area contributed by atoms with E-state index in [0.29, 0.717) is 17.2 Å². The topological polar surface area (TPSA) is 40.9 Å². The zero-order valence-corrected chi connectivity index (χ0v) is 11.7. The van der Waals surface area contributed by atoms with Crippen molar-refractivity contribution in [3.05, 3.63) is 34.9 Å². The quantitative estimate of drug-likeness (QED) is 0.822. The molecule has 1 aromatic carbocycles. The maximum atomic E-state index is 12.1. The van der Waals surface area contributed by atoms with Gasteiger partial charge in [-0.05, 0) is 36.1 Å². The van der Waals surface area contributed by atoms with Gasteiger partial charge in [-0.25, -0.2) is 0 Å². The summed E-state index contributed by atoms with van der Waals surface area (Å²) in [6.45, 7) is 8.18. The first kappa shape index (κ1) is 13.9. The molecule has 0 bridgehead atoms. The zero-order valence-electron chi connectivity index (χ0n) is 10.9. The van der Waals surface area contributed by atoms with Crippen molar-refractivity contribution in [1.82, 2.24) is 0 Å². The Morgan fingerprint density at radius 1 is 1.35 bits per heavy atom. The maximum Gasteiger partial charge on any atom is 0.0991 e. The molecule has 0 N–H and O–H groups in total. The number of nitriles is 1. The van der Waals surface area contributed by atoms with E-state index in [0.717, 1.165) is 11.1 Å². The Hall–Kier alpha value is -1.14. The smallest absolute Gasteiger partial charge is 0.0991 e. The van der Waals surface area contributed by atoms with Crippen LogP contribution in [0.25, 0.3) is 0 Å². The number of hydrogen-bond donors (Lipinski definition) is 0. The van der Waals surface area contributed by atoms with Gasteiger partial charge in [-0.15, -0.1) is 0 Å². The van der Waals surface area contributed by atoms with Crippen LogP contribution in [0.4, 0.5) is 0 Å². The van der Waals surface area contributed by atoms with Crippen LogP contribution < -0.4 is 0 Å². The molecule has 3 heteroatoms. The van der Waals surface area contributed by atoms with E-state index in [9.17, 15) is 4.21 Å². The van der Waals surface area contributed by atoms with Crippen molar-refractivity contribution in [1.29, 1.82) is 5.26 Å². The van der Waals surface area contributed by atoms with Crippen LogP contribution >= 0.6 is 0 Å². The van der Waals surface area contributed by atoms with Crippen LogP contribution in [0.3, 0.4) is 0 Å². The predicted octanol–water partition coefficient (Wildman–Crippen LogP) is 3.16. The van der Waals surface area contributed by atoms with Crippen LogP contribution in [-0.4, -0.2) is 9.46 Å². The van der Waals surface area contributed by atoms with Gasteiger partial charge >= 0.3 is 0 Å². The van der Waals surface area contributed by atoms with Gasteiger partial charge in [-0.1, -0.05) is 26.8 Å². The van der Waals surface area contributed by atoms with Crippen LogP contribution in [0.5, 0.6) is 0 Å². The first-order valence-electron chi connectivity index (χ1n) is 5.82. The molecule has 0 fully saturated rings. The molecule has 0 radical (unpaired) electrons. The van der Waals surface area contributed by atoms with Crippen LogP contribution in [0, 0.1) is 24.2 Å². The van der Waals surface area contributed by atoms with Gasteiger partial charge in [0.2, 0.25) is 0 Å². The lowest BCUT2D eigenvalue weighted by Gasteiger charge is -2.15. The number of hydrogen-bond acceptors (Lipinski definition) is 2. The Kier molecular flexibility index (Phi) is 4.89. The van der Waals surface area contributed by atoms with Gasteiger partial charge in [-0.2, -0.15) is 5.26 Å². The second-order valence-electron chi connectivity index (χ2n) is 4.73. The third-order valence-electron chi connectivity index (χ3n) is 3.12. The highest BCUT2D eigenvalue weighted by Crippen LogP contribution is 2.17. The van der Waals surface area contributed by atoms with Crippen LogP contribution in [0.1, 0.15) is 37.5 Å². The van der Waals surface area contributed by atoms with E-state index in [-0.39, 0.29) is 5.25 Å². The van der Waals surface area contributed by atoms with Gasteiger partial charge in [0.15, 0.2) is 0 Å². The first-order valence-corrected chi connectivity index (χ1v) is 7.20. The summed E-state index contributed by atoms with van der Waals surface area (Å²) in [5.41, 5.74) is 2.79. The van der Waals surface area contributed by atoms with Crippen molar-refractivity contribution in [3.8, 4) is 6.07 Å². The monoisotopic (exact) mass is 249 g/mol. The molecule has 0 amide bonds. The molecular formula is C14H19NOS. The predicted molar refractivity (Wildman–Crippen MR) is 72.0 cm³/mol. The third kappa shape index (κ3) is 3.67. The van der Waals surface area contributed by atoms with Crippen LogP contribution in [0.2, 0.25) is 0 Å². The third-order valence-corrected chi connectivity index (χ3v) is 5.09. The largest absolute Gasteiger partial charge is 0.259 e. The van der Waals surface area contributed by atoms with E-state index in [2.05, 4.69) is 19.9 Å². The maximum absolute atomic E-state index is 12.1. The summed E-state index contributed by atoms with van der Waals surface area (Å²) in [6.07, 6.45) is 0. The number of nitrogens with zero attached hydrogens (tertiary/aromatic N) is 1. The average Bonchev–Trinajstić information content (AvgIpc) is 2.30. The average molecular weight is 249 g/mol. The number of rotatable bonds is 4. The van der Waals surface area contributed by atoms with E-state index in [1.807, 2.05) is 26.0 Å². The van der Waals surface area contributed by atoms with E-state index in [1.54, 1.807) is 6.07 Å². The number of benzene rings is 1. The van der Waals surface area contributed by atoms with Crippen LogP contribution in [0.15, 0.2) is 18.2 Å². The number of aryl methyl sites for hydroxylation is 1. The molecule has 0 aromatic heterocycles. The summed E-state index contributed by atoms with van der Waals surface area (Å²) in [5, 5.41) is 8.98. The van der Waals surface area contributed by atoms with Crippen molar-refractivity contribution in [3.63, 3.8) is 0 Å². The van der Waals surface area contributed by atoms with Crippen molar-refractivity contribution in [2.75, 3.05) is 0 Å². The molecule has 0 heterocycles. The van der Waals surface area contributed by atoms with Crippen molar-refractivity contribution >= 4 is 10.8 Å². The molecule has 0 aliphatic rings. The van der Waals surface area contributed by atoms with E-state index < -0.39 is 10.8 Å². The highest BCUT2D eigenvalue weighted by atomic mass is 32.2. The first-order chi connectivity index (χ1) is 7.95. The minimum atomic E-state index is -0.848. The Balaban J connectivity index is 2.83. The lowest BCUT2D eigenvalue weighted by Crippen LogP contribution is -2.19. The molecule has 0 spiro atoms. The SMILES string of the molecule is Cc1cc(C#N)ccc1CS(=O)C(C)C(C)C. The Morgan fingerprint density at radius 3 is 2.47 bits per heavy atom. The van der Waals surface area contributed by atoms with Gasteiger partial charge in [-0.3, -0.25) is 4.21 Å².